The summed E-state index contributed by atoms with van der Waals surface area (Å²) in [6.07, 6.45) is 3.00. The molecule has 0 aliphatic carbocycles. The normalized spacial score (nSPS) is 17.5. The van der Waals surface area contributed by atoms with Crippen LogP contribution in [0.5, 0.6) is 0 Å². The van der Waals surface area contributed by atoms with E-state index < -0.39 is 0 Å². The first-order valence-corrected chi connectivity index (χ1v) is 4.77. The van der Waals surface area contributed by atoms with Crippen LogP contribution >= 0.6 is 0 Å². The molecule has 0 saturated heterocycles. The minimum absolute atomic E-state index is 0.0660. The van der Waals surface area contributed by atoms with Gasteiger partial charge >= 0.3 is 0 Å². The number of hydrogen-bond donors (Lipinski definition) is 2. The van der Waals surface area contributed by atoms with E-state index in [1.807, 2.05) is 13.8 Å². The van der Waals surface area contributed by atoms with E-state index in [1.165, 1.54) is 0 Å². The van der Waals surface area contributed by atoms with Gasteiger partial charge in [-0.1, -0.05) is 20.3 Å². The fourth-order valence-corrected chi connectivity index (χ4v) is 1.57. The summed E-state index contributed by atoms with van der Waals surface area (Å²) >= 11 is 0. The predicted octanol–water partition coefficient (Wildman–Crippen LogP) is 1.91. The quantitative estimate of drug-likeness (QED) is 0.667. The highest BCUT2D eigenvalue weighted by Crippen LogP contribution is 2.36. The van der Waals surface area contributed by atoms with Gasteiger partial charge in [0, 0.05) is 12.1 Å². The van der Waals surface area contributed by atoms with Crippen molar-refractivity contribution >= 4 is 0 Å². The van der Waals surface area contributed by atoms with Gasteiger partial charge in [-0.2, -0.15) is 0 Å². The Morgan fingerprint density at radius 3 is 1.92 bits per heavy atom. The summed E-state index contributed by atoms with van der Waals surface area (Å²) in [5.41, 5.74) is 5.94. The molecule has 0 aliphatic rings. The molecule has 0 radical (unpaired) electrons. The third-order valence-corrected chi connectivity index (χ3v) is 3.02. The Morgan fingerprint density at radius 2 is 1.67 bits per heavy atom. The lowest BCUT2D eigenvalue weighted by molar-refractivity contribution is 0.108. The number of aliphatic hydroxyl groups excluding tert-OH is 1. The minimum Gasteiger partial charge on any atom is -0.396 e. The number of hydrogen-bond acceptors (Lipinski definition) is 2. The van der Waals surface area contributed by atoms with Gasteiger partial charge < -0.3 is 10.8 Å². The molecule has 74 valence electrons. The van der Waals surface area contributed by atoms with Crippen LogP contribution < -0.4 is 5.73 Å². The molecule has 0 spiro atoms. The van der Waals surface area contributed by atoms with Gasteiger partial charge in [-0.15, -0.1) is 0 Å². The highest BCUT2D eigenvalue weighted by molar-refractivity contribution is 4.92. The average Bonchev–Trinajstić information content (AvgIpc) is 1.86. The summed E-state index contributed by atoms with van der Waals surface area (Å²) in [4.78, 5) is 0. The van der Waals surface area contributed by atoms with Crippen LogP contribution in [0.15, 0.2) is 0 Å². The standard InChI is InChI=1S/C10H23NO/c1-5-6-10(4,7-8-12)9(2,3)11/h12H,5-8,11H2,1-4H3. The molecule has 0 saturated carbocycles. The summed E-state index contributed by atoms with van der Waals surface area (Å²) in [6.45, 7) is 8.63. The SMILES string of the molecule is CCCC(C)(CCO)C(C)(C)N. The average molecular weight is 173 g/mol. The lowest BCUT2D eigenvalue weighted by atomic mass is 9.68. The van der Waals surface area contributed by atoms with Gasteiger partial charge in [0.25, 0.3) is 0 Å². The lowest BCUT2D eigenvalue weighted by Gasteiger charge is -2.41. The molecule has 0 fully saturated rings. The van der Waals surface area contributed by atoms with E-state index >= 15 is 0 Å². The zero-order valence-electron chi connectivity index (χ0n) is 8.85. The summed E-state index contributed by atoms with van der Waals surface area (Å²) in [6, 6.07) is 0. The first kappa shape index (κ1) is 11.9. The van der Waals surface area contributed by atoms with Gasteiger partial charge in [0.2, 0.25) is 0 Å². The molecule has 3 N–H and O–H groups in total. The molecule has 0 heterocycles. The third-order valence-electron chi connectivity index (χ3n) is 3.02. The molecule has 0 aromatic carbocycles. The number of nitrogens with two attached hydrogens (primary N) is 1. The Kier molecular flexibility index (Phi) is 4.21. The molecule has 0 aliphatic heterocycles. The van der Waals surface area contributed by atoms with Crippen LogP contribution in [0.2, 0.25) is 0 Å². The summed E-state index contributed by atoms with van der Waals surface area (Å²) in [5.74, 6) is 0. The van der Waals surface area contributed by atoms with E-state index in [9.17, 15) is 0 Å². The first-order valence-electron chi connectivity index (χ1n) is 4.77. The Morgan fingerprint density at radius 1 is 1.17 bits per heavy atom. The van der Waals surface area contributed by atoms with Crippen LogP contribution in [-0.2, 0) is 0 Å². The maximum atomic E-state index is 8.94. The molecule has 0 bridgehead atoms. The van der Waals surface area contributed by atoms with E-state index in [4.69, 9.17) is 10.8 Å². The van der Waals surface area contributed by atoms with Crippen molar-refractivity contribution in [3.8, 4) is 0 Å². The Hall–Kier alpha value is -0.0800. The Balaban J connectivity index is 4.38. The van der Waals surface area contributed by atoms with Gasteiger partial charge in [0.05, 0.1) is 0 Å². The van der Waals surface area contributed by atoms with Crippen molar-refractivity contribution in [2.24, 2.45) is 11.1 Å². The monoisotopic (exact) mass is 173 g/mol. The zero-order chi connectivity index (χ0) is 9.83. The van der Waals surface area contributed by atoms with Crippen molar-refractivity contribution < 1.29 is 5.11 Å². The highest BCUT2D eigenvalue weighted by atomic mass is 16.3. The fourth-order valence-electron chi connectivity index (χ4n) is 1.57. The molecule has 0 aromatic rings. The predicted molar refractivity (Wildman–Crippen MR) is 53.0 cm³/mol. The first-order chi connectivity index (χ1) is 5.37. The van der Waals surface area contributed by atoms with Gasteiger partial charge in [0.1, 0.15) is 0 Å². The molecule has 12 heavy (non-hydrogen) atoms. The van der Waals surface area contributed by atoms with Crippen molar-refractivity contribution in [3.63, 3.8) is 0 Å². The van der Waals surface area contributed by atoms with E-state index in [2.05, 4.69) is 13.8 Å². The molecule has 2 nitrogen and oxygen atoms in total. The second kappa shape index (κ2) is 4.24. The number of rotatable bonds is 5. The van der Waals surface area contributed by atoms with Crippen molar-refractivity contribution in [1.29, 1.82) is 0 Å². The van der Waals surface area contributed by atoms with Crippen LogP contribution in [0.3, 0.4) is 0 Å². The molecule has 1 unspecified atom stereocenters. The second-order valence-electron chi connectivity index (χ2n) is 4.51. The summed E-state index contributed by atoms with van der Waals surface area (Å²) in [5, 5.41) is 8.94. The molecule has 2 heteroatoms. The smallest absolute Gasteiger partial charge is 0.0436 e. The fraction of sp³-hybridized carbons (Fsp3) is 1.00. The van der Waals surface area contributed by atoms with Gasteiger partial charge in [-0.3, -0.25) is 0 Å². The van der Waals surface area contributed by atoms with Gasteiger partial charge in [-0.25, -0.2) is 0 Å². The van der Waals surface area contributed by atoms with Crippen molar-refractivity contribution in [2.45, 2.75) is 52.5 Å². The Bertz CT molecular complexity index is 120. The van der Waals surface area contributed by atoms with Crippen LogP contribution in [0.1, 0.15) is 47.0 Å². The van der Waals surface area contributed by atoms with E-state index in [0.717, 1.165) is 19.3 Å². The van der Waals surface area contributed by atoms with Gasteiger partial charge in [0.15, 0.2) is 0 Å². The molecule has 0 aromatic heterocycles. The highest BCUT2D eigenvalue weighted by Gasteiger charge is 2.36. The lowest BCUT2D eigenvalue weighted by Crippen LogP contribution is -2.49. The second-order valence-corrected chi connectivity index (χ2v) is 4.51. The maximum Gasteiger partial charge on any atom is 0.0436 e. The maximum absolute atomic E-state index is 8.94. The zero-order valence-corrected chi connectivity index (χ0v) is 8.85. The van der Waals surface area contributed by atoms with E-state index in [1.54, 1.807) is 0 Å². The van der Waals surface area contributed by atoms with Crippen molar-refractivity contribution in [3.05, 3.63) is 0 Å². The topological polar surface area (TPSA) is 46.2 Å². The van der Waals surface area contributed by atoms with Crippen LogP contribution in [-0.4, -0.2) is 17.3 Å². The molecular formula is C10H23NO. The van der Waals surface area contributed by atoms with E-state index in [0.29, 0.717) is 0 Å². The van der Waals surface area contributed by atoms with Gasteiger partial charge in [-0.05, 0) is 32.1 Å². The van der Waals surface area contributed by atoms with E-state index in [-0.39, 0.29) is 17.6 Å². The van der Waals surface area contributed by atoms with Crippen LogP contribution in [0.25, 0.3) is 0 Å². The molecule has 0 amide bonds. The number of aliphatic hydroxyl groups is 1. The van der Waals surface area contributed by atoms with Crippen LogP contribution in [0.4, 0.5) is 0 Å². The van der Waals surface area contributed by atoms with Crippen molar-refractivity contribution in [2.75, 3.05) is 6.61 Å². The minimum atomic E-state index is -0.203. The summed E-state index contributed by atoms with van der Waals surface area (Å²) < 4.78 is 0. The van der Waals surface area contributed by atoms with Crippen LogP contribution in [0, 0.1) is 5.41 Å². The largest absolute Gasteiger partial charge is 0.396 e. The molecule has 0 rings (SSSR count). The molecule has 1 atom stereocenters. The summed E-state index contributed by atoms with van der Waals surface area (Å²) in [7, 11) is 0. The Labute approximate surface area is 76.2 Å². The molecular weight excluding hydrogens is 150 g/mol. The third kappa shape index (κ3) is 2.76. The van der Waals surface area contributed by atoms with Crippen molar-refractivity contribution in [1.82, 2.24) is 0 Å².